The van der Waals surface area contributed by atoms with Crippen LogP contribution in [0.4, 0.5) is 0 Å². The maximum atomic E-state index is 12.4. The van der Waals surface area contributed by atoms with E-state index in [0.717, 1.165) is 12.8 Å². The first kappa shape index (κ1) is 13.9. The molecule has 0 spiro atoms. The van der Waals surface area contributed by atoms with Gasteiger partial charge >= 0.3 is 0 Å². The van der Waals surface area contributed by atoms with Crippen molar-refractivity contribution >= 4 is 9.84 Å². The van der Waals surface area contributed by atoms with Crippen molar-refractivity contribution in [3.8, 4) is 5.75 Å². The quantitative estimate of drug-likeness (QED) is 0.847. The molecule has 0 bridgehead atoms. The van der Waals surface area contributed by atoms with Gasteiger partial charge in [-0.25, -0.2) is 8.42 Å². The van der Waals surface area contributed by atoms with Gasteiger partial charge in [0.05, 0.1) is 15.9 Å². The normalized spacial score (nSPS) is 15.4. The van der Waals surface area contributed by atoms with Crippen LogP contribution in [-0.2, 0) is 9.84 Å². The molecular weight excluding hydrogens is 260 g/mol. The third-order valence-corrected chi connectivity index (χ3v) is 4.59. The Balaban J connectivity index is 2.26. The largest absolute Gasteiger partial charge is 0.491 e. The molecule has 1 aromatic carbocycles. The van der Waals surface area contributed by atoms with Crippen molar-refractivity contribution in [1.82, 2.24) is 0 Å². The van der Waals surface area contributed by atoms with E-state index in [-0.39, 0.29) is 6.10 Å². The van der Waals surface area contributed by atoms with Gasteiger partial charge in [-0.1, -0.05) is 12.2 Å². The standard InChI is InChI=1S/C15H18O3S/c1-12(2)18-13-8-10-15(11-9-13)19(16,17)14-6-4-3-5-7-14/h4,6-12H,3,5H2,1-2H3. The van der Waals surface area contributed by atoms with Crippen LogP contribution in [0.25, 0.3) is 0 Å². The van der Waals surface area contributed by atoms with E-state index in [1.54, 1.807) is 36.4 Å². The van der Waals surface area contributed by atoms with E-state index in [4.69, 9.17) is 4.74 Å². The average Bonchev–Trinajstić information content (AvgIpc) is 2.40. The molecule has 102 valence electrons. The molecule has 1 aliphatic carbocycles. The fraction of sp³-hybridized carbons (Fsp3) is 0.333. The highest BCUT2D eigenvalue weighted by atomic mass is 32.2. The lowest BCUT2D eigenvalue weighted by atomic mass is 10.2. The Bertz CT molecular complexity index is 593. The number of allylic oxidation sites excluding steroid dienone is 3. The third-order valence-electron chi connectivity index (χ3n) is 2.78. The molecular formula is C15H18O3S. The molecule has 3 nitrogen and oxygen atoms in total. The minimum Gasteiger partial charge on any atom is -0.491 e. The minimum atomic E-state index is -3.39. The Hall–Kier alpha value is -1.55. The molecule has 4 heteroatoms. The summed E-state index contributed by atoms with van der Waals surface area (Å²) in [6, 6.07) is 6.58. The highest BCUT2D eigenvalue weighted by Gasteiger charge is 2.19. The van der Waals surface area contributed by atoms with Gasteiger partial charge in [0.25, 0.3) is 0 Å². The van der Waals surface area contributed by atoms with Crippen LogP contribution in [0.3, 0.4) is 0 Å². The number of benzene rings is 1. The summed E-state index contributed by atoms with van der Waals surface area (Å²) < 4.78 is 30.2. The fourth-order valence-corrected chi connectivity index (χ4v) is 3.27. The number of rotatable bonds is 4. The van der Waals surface area contributed by atoms with Crippen LogP contribution in [0.15, 0.2) is 52.3 Å². The molecule has 0 aliphatic heterocycles. The number of hydrogen-bond donors (Lipinski definition) is 0. The molecule has 1 aromatic rings. The van der Waals surface area contributed by atoms with Crippen molar-refractivity contribution in [2.45, 2.75) is 37.7 Å². The van der Waals surface area contributed by atoms with Crippen molar-refractivity contribution < 1.29 is 13.2 Å². The van der Waals surface area contributed by atoms with Gasteiger partial charge in [0.2, 0.25) is 9.84 Å². The summed E-state index contributed by atoms with van der Waals surface area (Å²) in [5, 5.41) is 0. The van der Waals surface area contributed by atoms with Gasteiger partial charge in [-0.05, 0) is 57.0 Å². The Morgan fingerprint density at radius 2 is 1.79 bits per heavy atom. The Morgan fingerprint density at radius 1 is 1.11 bits per heavy atom. The molecule has 0 radical (unpaired) electrons. The predicted molar refractivity (Wildman–Crippen MR) is 75.8 cm³/mol. The van der Waals surface area contributed by atoms with Crippen LogP contribution < -0.4 is 4.74 Å². The van der Waals surface area contributed by atoms with Gasteiger partial charge in [0, 0.05) is 0 Å². The second kappa shape index (κ2) is 5.61. The first-order valence-electron chi connectivity index (χ1n) is 6.38. The first-order valence-corrected chi connectivity index (χ1v) is 7.87. The van der Waals surface area contributed by atoms with Crippen LogP contribution in [0.2, 0.25) is 0 Å². The highest BCUT2D eigenvalue weighted by molar-refractivity contribution is 7.95. The predicted octanol–water partition coefficient (Wildman–Crippen LogP) is 3.48. The van der Waals surface area contributed by atoms with E-state index in [9.17, 15) is 8.42 Å². The molecule has 0 N–H and O–H groups in total. The zero-order chi connectivity index (χ0) is 13.9. The molecule has 0 heterocycles. The van der Waals surface area contributed by atoms with E-state index in [1.807, 2.05) is 19.9 Å². The molecule has 0 atom stereocenters. The molecule has 0 saturated carbocycles. The van der Waals surface area contributed by atoms with Gasteiger partial charge in [-0.2, -0.15) is 0 Å². The van der Waals surface area contributed by atoms with Gasteiger partial charge in [0.15, 0.2) is 0 Å². The molecule has 1 aliphatic rings. The zero-order valence-electron chi connectivity index (χ0n) is 11.2. The maximum Gasteiger partial charge on any atom is 0.206 e. The lowest BCUT2D eigenvalue weighted by Crippen LogP contribution is -2.07. The van der Waals surface area contributed by atoms with Gasteiger partial charge in [-0.15, -0.1) is 0 Å². The van der Waals surface area contributed by atoms with Gasteiger partial charge < -0.3 is 4.74 Å². The van der Waals surface area contributed by atoms with Crippen molar-refractivity contribution in [2.24, 2.45) is 0 Å². The number of sulfone groups is 1. The summed E-state index contributed by atoms with van der Waals surface area (Å²) in [7, 11) is -3.39. The molecule has 0 fully saturated rings. The molecule has 19 heavy (non-hydrogen) atoms. The molecule has 0 amide bonds. The summed E-state index contributed by atoms with van der Waals surface area (Å²) in [4.78, 5) is 0.692. The van der Waals surface area contributed by atoms with Crippen molar-refractivity contribution in [3.63, 3.8) is 0 Å². The Morgan fingerprint density at radius 3 is 2.32 bits per heavy atom. The third kappa shape index (κ3) is 3.26. The lowest BCUT2D eigenvalue weighted by molar-refractivity contribution is 0.242. The number of ether oxygens (including phenoxy) is 1. The summed E-state index contributed by atoms with van der Waals surface area (Å²) >= 11 is 0. The van der Waals surface area contributed by atoms with E-state index in [1.165, 1.54) is 0 Å². The van der Waals surface area contributed by atoms with Crippen molar-refractivity contribution in [2.75, 3.05) is 0 Å². The van der Waals surface area contributed by atoms with Crippen molar-refractivity contribution in [3.05, 3.63) is 47.4 Å². The smallest absolute Gasteiger partial charge is 0.206 e. The fourth-order valence-electron chi connectivity index (χ4n) is 1.89. The second-order valence-corrected chi connectivity index (χ2v) is 6.68. The zero-order valence-corrected chi connectivity index (χ0v) is 12.0. The second-order valence-electron chi connectivity index (χ2n) is 4.73. The SMILES string of the molecule is CC(C)Oc1ccc(S(=O)(=O)C2=CCCC=C2)cc1. The summed E-state index contributed by atoms with van der Waals surface area (Å²) in [6.45, 7) is 3.87. The van der Waals surface area contributed by atoms with E-state index in [0.29, 0.717) is 15.6 Å². The van der Waals surface area contributed by atoms with Crippen LogP contribution in [0, 0.1) is 0 Å². The average molecular weight is 278 g/mol. The Labute approximate surface area is 114 Å². The van der Waals surface area contributed by atoms with Gasteiger partial charge in [-0.3, -0.25) is 0 Å². The maximum absolute atomic E-state index is 12.4. The summed E-state index contributed by atoms with van der Waals surface area (Å²) in [5.41, 5.74) is 0. The van der Waals surface area contributed by atoms with Gasteiger partial charge in [0.1, 0.15) is 5.75 Å². The number of hydrogen-bond acceptors (Lipinski definition) is 3. The topological polar surface area (TPSA) is 43.4 Å². The molecule has 0 unspecified atom stereocenters. The lowest BCUT2D eigenvalue weighted by Gasteiger charge is -2.11. The first-order chi connectivity index (χ1) is 9.00. The highest BCUT2D eigenvalue weighted by Crippen LogP contribution is 2.25. The monoisotopic (exact) mass is 278 g/mol. The Kier molecular flexibility index (Phi) is 4.10. The molecule has 2 rings (SSSR count). The van der Waals surface area contributed by atoms with Crippen LogP contribution >= 0.6 is 0 Å². The molecule has 0 aromatic heterocycles. The van der Waals surface area contributed by atoms with E-state index in [2.05, 4.69) is 0 Å². The summed E-state index contributed by atoms with van der Waals surface area (Å²) in [5.74, 6) is 0.683. The van der Waals surface area contributed by atoms with Crippen LogP contribution in [-0.4, -0.2) is 14.5 Å². The minimum absolute atomic E-state index is 0.0754. The van der Waals surface area contributed by atoms with Crippen LogP contribution in [0.5, 0.6) is 5.75 Å². The van der Waals surface area contributed by atoms with Crippen molar-refractivity contribution in [1.29, 1.82) is 0 Å². The van der Waals surface area contributed by atoms with Crippen LogP contribution in [0.1, 0.15) is 26.7 Å². The van der Waals surface area contributed by atoms with E-state index >= 15 is 0 Å². The van der Waals surface area contributed by atoms with E-state index < -0.39 is 9.84 Å². The summed E-state index contributed by atoms with van der Waals surface area (Å²) in [6.07, 6.45) is 7.10. The molecule has 0 saturated heterocycles.